The molecular formula is C30H29Cl2NO4. The highest BCUT2D eigenvalue weighted by molar-refractivity contribution is 6.32. The molecule has 3 aromatic carbocycles. The maximum absolute atomic E-state index is 13.6. The molecule has 0 aliphatic heterocycles. The Bertz CT molecular complexity index is 1550. The van der Waals surface area contributed by atoms with E-state index in [9.17, 15) is 9.59 Å². The van der Waals surface area contributed by atoms with E-state index >= 15 is 0 Å². The molecule has 0 aliphatic rings. The topological polar surface area (TPSA) is 68.5 Å². The summed E-state index contributed by atoms with van der Waals surface area (Å²) in [5.41, 5.74) is 3.82. The summed E-state index contributed by atoms with van der Waals surface area (Å²) in [5.74, 6) is -0.236. The number of carbonyl (C=O) groups excluding carboxylic acids is 1. The lowest BCUT2D eigenvalue weighted by Crippen LogP contribution is -2.32. The number of anilines is 1. The lowest BCUT2D eigenvalue weighted by molar-refractivity contribution is -0.122. The zero-order valence-electron chi connectivity index (χ0n) is 21.7. The van der Waals surface area contributed by atoms with Gasteiger partial charge in [0.2, 0.25) is 11.2 Å². The fourth-order valence-electron chi connectivity index (χ4n) is 3.92. The number of amides is 1. The third-order valence-electron chi connectivity index (χ3n) is 6.33. The largest absolute Gasteiger partial charge is 0.473 e. The van der Waals surface area contributed by atoms with Crippen molar-refractivity contribution in [1.29, 1.82) is 0 Å². The van der Waals surface area contributed by atoms with Gasteiger partial charge in [-0.15, -0.1) is 0 Å². The highest BCUT2D eigenvalue weighted by atomic mass is 35.5. The Kier molecular flexibility index (Phi) is 7.40. The van der Waals surface area contributed by atoms with Crippen LogP contribution in [0.15, 0.2) is 63.8 Å². The number of halogens is 2. The average Bonchev–Trinajstić information content (AvgIpc) is 2.84. The summed E-state index contributed by atoms with van der Waals surface area (Å²) in [4.78, 5) is 26.7. The molecule has 4 rings (SSSR count). The first-order valence-corrected chi connectivity index (χ1v) is 12.7. The molecule has 0 fully saturated rings. The molecule has 1 aromatic heterocycles. The summed E-state index contributed by atoms with van der Waals surface area (Å²) in [5, 5.41) is 4.08. The van der Waals surface area contributed by atoms with E-state index in [0.717, 1.165) is 16.7 Å². The minimum absolute atomic E-state index is 0.0407. The van der Waals surface area contributed by atoms with Crippen LogP contribution in [0.4, 0.5) is 5.69 Å². The van der Waals surface area contributed by atoms with E-state index in [1.54, 1.807) is 37.3 Å². The van der Waals surface area contributed by atoms with Crippen LogP contribution in [0.5, 0.6) is 5.75 Å². The second-order valence-electron chi connectivity index (χ2n) is 10.2. The molecule has 1 N–H and O–H groups in total. The summed E-state index contributed by atoms with van der Waals surface area (Å²) in [6.07, 6.45) is -1.01. The van der Waals surface area contributed by atoms with Crippen LogP contribution in [-0.2, 0) is 10.2 Å². The number of nitrogens with one attached hydrogen (secondary N) is 1. The van der Waals surface area contributed by atoms with Crippen LogP contribution < -0.4 is 15.5 Å². The Hall–Kier alpha value is -3.28. The molecule has 1 amide bonds. The van der Waals surface area contributed by atoms with Gasteiger partial charge in [0.05, 0.1) is 5.39 Å². The maximum Gasteiger partial charge on any atom is 0.265 e. The van der Waals surface area contributed by atoms with Crippen molar-refractivity contribution in [2.75, 3.05) is 5.32 Å². The number of fused-ring (bicyclic) bond motifs is 1. The van der Waals surface area contributed by atoms with Gasteiger partial charge in [-0.3, -0.25) is 9.59 Å². The van der Waals surface area contributed by atoms with E-state index < -0.39 is 17.4 Å². The highest BCUT2D eigenvalue weighted by Gasteiger charge is 2.24. The Morgan fingerprint density at radius 2 is 1.68 bits per heavy atom. The van der Waals surface area contributed by atoms with Gasteiger partial charge >= 0.3 is 0 Å². The van der Waals surface area contributed by atoms with E-state index in [1.807, 2.05) is 38.1 Å². The molecular weight excluding hydrogens is 509 g/mol. The molecule has 1 atom stereocenters. The first kappa shape index (κ1) is 26.8. The molecule has 0 bridgehead atoms. The van der Waals surface area contributed by atoms with Gasteiger partial charge in [0.1, 0.15) is 5.58 Å². The van der Waals surface area contributed by atoms with Gasteiger partial charge < -0.3 is 14.5 Å². The Balaban J connectivity index is 1.78. The van der Waals surface area contributed by atoms with Crippen molar-refractivity contribution in [3.8, 4) is 17.1 Å². The Morgan fingerprint density at radius 1 is 1.00 bits per heavy atom. The second-order valence-corrected chi connectivity index (χ2v) is 11.0. The number of hydrogen-bond donors (Lipinski definition) is 1. The van der Waals surface area contributed by atoms with Gasteiger partial charge in [-0.2, -0.15) is 0 Å². The molecule has 37 heavy (non-hydrogen) atoms. The molecule has 0 aliphatic carbocycles. The van der Waals surface area contributed by atoms with Crippen LogP contribution in [0, 0.1) is 13.8 Å². The van der Waals surface area contributed by atoms with Crippen molar-refractivity contribution in [1.82, 2.24) is 0 Å². The number of benzene rings is 3. The van der Waals surface area contributed by atoms with Crippen LogP contribution >= 0.6 is 23.2 Å². The van der Waals surface area contributed by atoms with E-state index in [0.29, 0.717) is 26.9 Å². The predicted octanol–water partition coefficient (Wildman–Crippen LogP) is 8.09. The van der Waals surface area contributed by atoms with Crippen LogP contribution in [0.3, 0.4) is 0 Å². The van der Waals surface area contributed by atoms with Crippen molar-refractivity contribution in [2.45, 2.75) is 53.1 Å². The van der Waals surface area contributed by atoms with Gasteiger partial charge in [-0.05, 0) is 67.1 Å². The van der Waals surface area contributed by atoms with Gasteiger partial charge in [-0.1, -0.05) is 74.3 Å². The summed E-state index contributed by atoms with van der Waals surface area (Å²) in [7, 11) is 0. The van der Waals surface area contributed by atoms with E-state index in [1.165, 1.54) is 0 Å². The van der Waals surface area contributed by atoms with Crippen LogP contribution in [0.2, 0.25) is 10.0 Å². The van der Waals surface area contributed by atoms with Crippen molar-refractivity contribution >= 4 is 45.8 Å². The molecule has 0 saturated heterocycles. The maximum atomic E-state index is 13.6. The highest BCUT2D eigenvalue weighted by Crippen LogP contribution is 2.35. The lowest BCUT2D eigenvalue weighted by Gasteiger charge is -2.20. The number of aryl methyl sites for hydroxylation is 1. The normalized spacial score (nSPS) is 12.4. The summed E-state index contributed by atoms with van der Waals surface area (Å²) >= 11 is 12.5. The number of hydrogen-bond acceptors (Lipinski definition) is 4. The molecule has 0 radical (unpaired) electrons. The minimum Gasteiger partial charge on any atom is -0.473 e. The first-order valence-electron chi connectivity index (χ1n) is 12.0. The standard InChI is InChI=1S/C30H29Cl2NO4/c1-16-14-25-21(15-23(16)32)26(34)28(27(37-25)19-10-12-20(13-11-19)30(4,5)6)36-18(3)29(35)33-24-9-7-8-22(31)17(24)2/h7-15,18H,1-6H3,(H,33,35). The summed E-state index contributed by atoms with van der Waals surface area (Å²) < 4.78 is 12.2. The second kappa shape index (κ2) is 10.2. The van der Waals surface area contributed by atoms with Crippen molar-refractivity contribution in [3.63, 3.8) is 0 Å². The number of rotatable bonds is 5. The fourth-order valence-corrected chi connectivity index (χ4v) is 4.26. The SMILES string of the molecule is Cc1cc2oc(-c3ccc(C(C)(C)C)cc3)c(OC(C)C(=O)Nc3cccc(Cl)c3C)c(=O)c2cc1Cl. The molecule has 0 spiro atoms. The van der Waals surface area contributed by atoms with Gasteiger partial charge in [0, 0.05) is 21.3 Å². The number of carbonyl (C=O) groups is 1. The van der Waals surface area contributed by atoms with Gasteiger partial charge in [0.25, 0.3) is 5.91 Å². The van der Waals surface area contributed by atoms with Crippen molar-refractivity contribution in [3.05, 3.63) is 91.6 Å². The van der Waals surface area contributed by atoms with Crippen LogP contribution in [0.25, 0.3) is 22.3 Å². The molecule has 5 nitrogen and oxygen atoms in total. The molecule has 0 saturated carbocycles. The minimum atomic E-state index is -1.01. The molecule has 4 aromatic rings. The average molecular weight is 538 g/mol. The lowest BCUT2D eigenvalue weighted by atomic mass is 9.86. The molecule has 192 valence electrons. The smallest absolute Gasteiger partial charge is 0.265 e. The van der Waals surface area contributed by atoms with Crippen molar-refractivity contribution < 1.29 is 13.9 Å². The van der Waals surface area contributed by atoms with E-state index in [-0.39, 0.29) is 22.3 Å². The molecule has 7 heteroatoms. The summed E-state index contributed by atoms with van der Waals surface area (Å²) in [6, 6.07) is 16.3. The molecule has 1 heterocycles. The zero-order valence-corrected chi connectivity index (χ0v) is 23.2. The predicted molar refractivity (Wildman–Crippen MR) is 151 cm³/mol. The quantitative estimate of drug-likeness (QED) is 0.279. The van der Waals surface area contributed by atoms with Crippen LogP contribution in [0.1, 0.15) is 44.4 Å². The molecule has 1 unspecified atom stereocenters. The first-order chi connectivity index (χ1) is 17.4. The van der Waals surface area contributed by atoms with Gasteiger partial charge in [-0.25, -0.2) is 0 Å². The third kappa shape index (κ3) is 5.53. The van der Waals surface area contributed by atoms with Crippen molar-refractivity contribution in [2.24, 2.45) is 0 Å². The fraction of sp³-hybridized carbons (Fsp3) is 0.267. The number of ether oxygens (including phenoxy) is 1. The van der Waals surface area contributed by atoms with Crippen LogP contribution in [-0.4, -0.2) is 12.0 Å². The third-order valence-corrected chi connectivity index (χ3v) is 7.15. The van der Waals surface area contributed by atoms with E-state index in [2.05, 4.69) is 26.1 Å². The van der Waals surface area contributed by atoms with Gasteiger partial charge in [0.15, 0.2) is 11.9 Å². The Morgan fingerprint density at radius 3 is 2.32 bits per heavy atom. The van der Waals surface area contributed by atoms with E-state index in [4.69, 9.17) is 32.4 Å². The Labute approximate surface area is 226 Å². The monoisotopic (exact) mass is 537 g/mol. The zero-order chi connectivity index (χ0) is 27.1. The summed E-state index contributed by atoms with van der Waals surface area (Å²) in [6.45, 7) is 11.6.